The third-order valence-electron chi connectivity index (χ3n) is 5.25. The van der Waals surface area contributed by atoms with Crippen LogP contribution in [-0.2, 0) is 24.4 Å². The van der Waals surface area contributed by atoms with Gasteiger partial charge in [0.25, 0.3) is 0 Å². The van der Waals surface area contributed by atoms with Crippen molar-refractivity contribution >= 4 is 25.4 Å². The fraction of sp³-hybridized carbons (Fsp3) is 0.667. The molecule has 1 aliphatic rings. The Hall–Kier alpha value is -1.07. The average Bonchev–Trinajstić information content (AvgIpc) is 3.11. The van der Waals surface area contributed by atoms with E-state index in [1.807, 2.05) is 23.6 Å². The predicted molar refractivity (Wildman–Crippen MR) is 126 cm³/mol. The Morgan fingerprint density at radius 2 is 1.38 bits per heavy atom. The number of hydrogen-bond donors (Lipinski definition) is 0. The lowest BCUT2D eigenvalue weighted by Crippen LogP contribution is -2.02. The molecule has 0 bridgehead atoms. The molecule has 0 aliphatic carbocycles. The van der Waals surface area contributed by atoms with E-state index < -0.39 is 9.45 Å². The Bertz CT molecular complexity index is 693. The third-order valence-corrected chi connectivity index (χ3v) is 7.87. The highest BCUT2D eigenvalue weighted by atomic mass is 32.8. The lowest BCUT2D eigenvalue weighted by molar-refractivity contribution is 0.261. The molecule has 1 aromatic rings. The van der Waals surface area contributed by atoms with E-state index in [0.717, 1.165) is 41.4 Å². The van der Waals surface area contributed by atoms with Gasteiger partial charge < -0.3 is 9.47 Å². The fourth-order valence-electron chi connectivity index (χ4n) is 3.55. The first-order valence-electron chi connectivity index (χ1n) is 11.5. The zero-order chi connectivity index (χ0) is 20.7. The molecule has 1 heterocycles. The highest BCUT2D eigenvalue weighted by Gasteiger charge is 2.24. The van der Waals surface area contributed by atoms with Crippen LogP contribution in [0.5, 0.6) is 5.75 Å². The first-order chi connectivity index (χ1) is 14.3. The standard InChI is InChI=1S/C24H38O3S2/c1-3-5-7-9-11-13-18-26-21-16-15-17-23-24(21)22(20-29(23)28-25)27-19-14-12-10-8-6-4-2/h15-17,20H,3-14,18-19H2,1-2H3. The monoisotopic (exact) mass is 438 g/mol. The number of hydrogen-bond acceptors (Lipinski definition) is 3. The van der Waals surface area contributed by atoms with Gasteiger partial charge in [-0.3, -0.25) is 0 Å². The van der Waals surface area contributed by atoms with Crippen LogP contribution in [0.1, 0.15) is 96.5 Å². The second-order valence-electron chi connectivity index (χ2n) is 7.71. The molecule has 164 valence electrons. The zero-order valence-electron chi connectivity index (χ0n) is 18.3. The number of unbranched alkanes of at least 4 members (excludes halogenated alkanes) is 10. The van der Waals surface area contributed by atoms with Crippen molar-refractivity contribution in [1.29, 1.82) is 0 Å². The van der Waals surface area contributed by atoms with Gasteiger partial charge in [0.2, 0.25) is 0 Å². The van der Waals surface area contributed by atoms with Crippen LogP contribution in [0, 0.1) is 0 Å². The first kappa shape index (κ1) is 24.2. The van der Waals surface area contributed by atoms with Crippen molar-refractivity contribution in [3.8, 4) is 5.75 Å². The molecule has 1 aliphatic heterocycles. The van der Waals surface area contributed by atoms with Crippen LogP contribution in [0.15, 0.2) is 28.5 Å². The van der Waals surface area contributed by atoms with Crippen molar-refractivity contribution < 1.29 is 13.7 Å². The molecule has 0 saturated heterocycles. The van der Waals surface area contributed by atoms with Gasteiger partial charge in [-0.25, -0.2) is 4.21 Å². The van der Waals surface area contributed by atoms with Crippen LogP contribution in [0.3, 0.4) is 0 Å². The van der Waals surface area contributed by atoms with Crippen molar-refractivity contribution in [2.75, 3.05) is 13.2 Å². The summed E-state index contributed by atoms with van der Waals surface area (Å²) >= 11 is 0. The summed E-state index contributed by atoms with van der Waals surface area (Å²) in [5.41, 5.74) is 1.01. The topological polar surface area (TPSA) is 35.5 Å². The minimum absolute atomic E-state index is 0.480. The number of ether oxygens (including phenoxy) is 2. The van der Waals surface area contributed by atoms with Crippen LogP contribution in [0.4, 0.5) is 0 Å². The summed E-state index contributed by atoms with van der Waals surface area (Å²) in [4.78, 5) is 1.06. The molecule has 1 aromatic carbocycles. The van der Waals surface area contributed by atoms with E-state index in [1.54, 1.807) is 0 Å². The van der Waals surface area contributed by atoms with E-state index in [0.29, 0.717) is 16.8 Å². The molecule has 0 saturated carbocycles. The van der Waals surface area contributed by atoms with Crippen molar-refractivity contribution in [3.05, 3.63) is 29.2 Å². The SMILES string of the molecule is CCCCCCCCOC1=CS(=S=O)c2cccc(OCCCCCCCC)c21. The summed E-state index contributed by atoms with van der Waals surface area (Å²) in [6.07, 6.45) is 15.0. The number of fused-ring (bicyclic) bond motifs is 1. The van der Waals surface area contributed by atoms with E-state index in [1.165, 1.54) is 64.2 Å². The van der Waals surface area contributed by atoms with E-state index in [9.17, 15) is 4.21 Å². The molecular weight excluding hydrogens is 400 g/mol. The van der Waals surface area contributed by atoms with Gasteiger partial charge >= 0.3 is 0 Å². The minimum Gasteiger partial charge on any atom is -0.493 e. The molecule has 0 fully saturated rings. The molecule has 0 N–H and O–H groups in total. The lowest BCUT2D eigenvalue weighted by Gasteiger charge is -2.14. The highest BCUT2D eigenvalue weighted by Crippen LogP contribution is 2.39. The summed E-state index contributed by atoms with van der Waals surface area (Å²) in [5.74, 6) is 1.72. The van der Waals surface area contributed by atoms with Crippen LogP contribution in [-0.4, -0.2) is 17.4 Å². The molecule has 0 spiro atoms. The maximum atomic E-state index is 11.6. The third kappa shape index (κ3) is 8.29. The second-order valence-corrected chi connectivity index (χ2v) is 10.6. The van der Waals surface area contributed by atoms with Gasteiger partial charge in [0.05, 0.1) is 18.8 Å². The largest absolute Gasteiger partial charge is 0.493 e. The van der Waals surface area contributed by atoms with E-state index in [4.69, 9.17) is 9.47 Å². The molecule has 1 atom stereocenters. The Kier molecular flexibility index (Phi) is 12.4. The van der Waals surface area contributed by atoms with Gasteiger partial charge in [-0.15, -0.1) is 0 Å². The zero-order valence-corrected chi connectivity index (χ0v) is 19.9. The van der Waals surface area contributed by atoms with Gasteiger partial charge in [-0.1, -0.05) is 84.1 Å². The van der Waals surface area contributed by atoms with Gasteiger partial charge in [0.1, 0.15) is 21.7 Å². The van der Waals surface area contributed by atoms with Crippen LogP contribution in [0.2, 0.25) is 0 Å². The van der Waals surface area contributed by atoms with E-state index >= 15 is 0 Å². The van der Waals surface area contributed by atoms with E-state index in [-0.39, 0.29) is 0 Å². The summed E-state index contributed by atoms with van der Waals surface area (Å²) in [6.45, 7) is 5.92. The van der Waals surface area contributed by atoms with Crippen molar-refractivity contribution in [3.63, 3.8) is 0 Å². The normalized spacial score (nSPS) is 15.1. The smallest absolute Gasteiger partial charge is 0.138 e. The summed E-state index contributed by atoms with van der Waals surface area (Å²) in [7, 11) is 0.166. The Morgan fingerprint density at radius 1 is 0.793 bits per heavy atom. The van der Waals surface area contributed by atoms with Crippen molar-refractivity contribution in [2.24, 2.45) is 0 Å². The summed E-state index contributed by atoms with van der Waals surface area (Å²) < 4.78 is 23.8. The number of rotatable bonds is 16. The Labute approximate surface area is 182 Å². The van der Waals surface area contributed by atoms with Crippen LogP contribution < -0.4 is 4.74 Å². The van der Waals surface area contributed by atoms with Gasteiger partial charge in [-0.2, -0.15) is 0 Å². The van der Waals surface area contributed by atoms with E-state index in [2.05, 4.69) is 13.8 Å². The fourth-order valence-corrected chi connectivity index (χ4v) is 5.80. The maximum absolute atomic E-state index is 11.6. The second kappa shape index (κ2) is 14.8. The van der Waals surface area contributed by atoms with Gasteiger partial charge in [0.15, 0.2) is 0 Å². The Morgan fingerprint density at radius 3 is 2.00 bits per heavy atom. The van der Waals surface area contributed by atoms with Crippen LogP contribution in [0.25, 0.3) is 5.76 Å². The molecule has 0 aromatic heterocycles. The highest BCUT2D eigenvalue weighted by molar-refractivity contribution is 8.33. The van der Waals surface area contributed by atoms with Crippen LogP contribution >= 0.6 is 0 Å². The molecule has 2 rings (SSSR count). The molecule has 5 heteroatoms. The molecule has 0 amide bonds. The van der Waals surface area contributed by atoms with Crippen molar-refractivity contribution in [2.45, 2.75) is 95.8 Å². The quantitative estimate of drug-likeness (QED) is 0.256. The molecule has 1 unspecified atom stereocenters. The summed E-state index contributed by atoms with van der Waals surface area (Å²) in [6, 6.07) is 6.05. The van der Waals surface area contributed by atoms with Crippen molar-refractivity contribution in [1.82, 2.24) is 0 Å². The number of benzene rings is 1. The predicted octanol–water partition coefficient (Wildman–Crippen LogP) is 7.22. The summed E-state index contributed by atoms with van der Waals surface area (Å²) in [5, 5.41) is 2.00. The first-order valence-corrected chi connectivity index (χ1v) is 14.0. The maximum Gasteiger partial charge on any atom is 0.138 e. The molecule has 0 radical (unpaired) electrons. The Balaban J connectivity index is 1.87. The molecule has 3 nitrogen and oxygen atoms in total. The molecule has 29 heavy (non-hydrogen) atoms. The average molecular weight is 439 g/mol. The minimum atomic E-state index is -0.480. The molecular formula is C24H38O3S2. The van der Waals surface area contributed by atoms with Gasteiger partial charge in [-0.05, 0) is 34.4 Å². The lowest BCUT2D eigenvalue weighted by atomic mass is 10.1. The van der Waals surface area contributed by atoms with Gasteiger partial charge in [0, 0.05) is 10.3 Å².